The van der Waals surface area contributed by atoms with E-state index in [1.54, 1.807) is 50.2 Å². The summed E-state index contributed by atoms with van der Waals surface area (Å²) < 4.78 is 1.45. The Labute approximate surface area is 156 Å². The highest BCUT2D eigenvalue weighted by atomic mass is 35.5. The Bertz CT molecular complexity index is 975. The number of carbonyl (C=O) groups excluding carboxylic acids is 1. The van der Waals surface area contributed by atoms with Gasteiger partial charge in [-0.15, -0.1) is 0 Å². The molecule has 0 aliphatic carbocycles. The van der Waals surface area contributed by atoms with Gasteiger partial charge >= 0.3 is 0 Å². The van der Waals surface area contributed by atoms with Crippen molar-refractivity contribution in [1.29, 1.82) is 0 Å². The van der Waals surface area contributed by atoms with Crippen LogP contribution in [0.1, 0.15) is 24.1 Å². The minimum atomic E-state index is -0.523. The molecule has 1 aliphatic rings. The van der Waals surface area contributed by atoms with Gasteiger partial charge in [-0.2, -0.15) is 0 Å². The molecule has 6 nitrogen and oxygen atoms in total. The second kappa shape index (κ2) is 6.46. The van der Waals surface area contributed by atoms with Crippen LogP contribution in [0.3, 0.4) is 0 Å². The number of amides is 1. The minimum absolute atomic E-state index is 0.119. The van der Waals surface area contributed by atoms with Crippen molar-refractivity contribution in [3.05, 3.63) is 74.3 Å². The van der Waals surface area contributed by atoms with Crippen molar-refractivity contribution in [2.45, 2.75) is 19.9 Å². The number of allylic oxidation sites excluding steroid dienone is 1. The molecule has 0 spiro atoms. The number of rotatable bonds is 2. The third-order valence-electron chi connectivity index (χ3n) is 4.48. The van der Waals surface area contributed by atoms with Crippen LogP contribution in [-0.2, 0) is 11.8 Å². The molecule has 1 aromatic carbocycles. The number of benzene rings is 1. The second-order valence-corrected chi connectivity index (χ2v) is 6.88. The largest absolute Gasteiger partial charge is 0.401 e. The molecule has 0 saturated carbocycles. The van der Waals surface area contributed by atoms with E-state index >= 15 is 0 Å². The molecule has 1 aromatic heterocycles. The average Bonchev–Trinajstić information content (AvgIpc) is 2.83. The fraction of sp³-hybridized carbons (Fsp3) is 0.211. The lowest BCUT2D eigenvalue weighted by Crippen LogP contribution is -2.44. The first kappa shape index (κ1) is 17.9. The van der Waals surface area contributed by atoms with E-state index in [4.69, 9.17) is 22.7 Å². The fourth-order valence-corrected chi connectivity index (χ4v) is 3.39. The van der Waals surface area contributed by atoms with E-state index in [9.17, 15) is 9.59 Å². The van der Waals surface area contributed by atoms with Gasteiger partial charge in [0.25, 0.3) is 11.5 Å². The molecule has 1 fully saturated rings. The number of nitrogens with zero attached hydrogens (tertiary/aromatic N) is 2. The Morgan fingerprint density at radius 2 is 1.85 bits per heavy atom. The highest BCUT2D eigenvalue weighted by molar-refractivity contribution is 6.34. The van der Waals surface area contributed by atoms with Crippen molar-refractivity contribution in [3.63, 3.8) is 0 Å². The summed E-state index contributed by atoms with van der Waals surface area (Å²) in [6.45, 7) is 3.36. The van der Waals surface area contributed by atoms with Crippen LogP contribution >= 0.6 is 11.6 Å². The molecule has 26 heavy (non-hydrogen) atoms. The Morgan fingerprint density at radius 1 is 1.23 bits per heavy atom. The first-order valence-electron chi connectivity index (χ1n) is 8.07. The van der Waals surface area contributed by atoms with Crippen LogP contribution in [0.15, 0.2) is 52.6 Å². The molecule has 1 unspecified atom stereocenters. The second-order valence-electron chi connectivity index (χ2n) is 6.44. The molecule has 2 heterocycles. The van der Waals surface area contributed by atoms with E-state index in [1.807, 2.05) is 12.1 Å². The smallest absolute Gasteiger partial charge is 0.267 e. The molecule has 1 atom stereocenters. The molecule has 7 heteroatoms. The monoisotopic (exact) mass is 371 g/mol. The van der Waals surface area contributed by atoms with E-state index < -0.39 is 6.04 Å². The number of halogens is 1. The lowest BCUT2D eigenvalue weighted by molar-refractivity contribution is -0.116. The van der Waals surface area contributed by atoms with Gasteiger partial charge < -0.3 is 10.3 Å². The number of anilines is 1. The molecule has 1 saturated heterocycles. The van der Waals surface area contributed by atoms with Gasteiger partial charge in [0, 0.05) is 29.5 Å². The van der Waals surface area contributed by atoms with Crippen LogP contribution in [0, 0.1) is 6.92 Å². The summed E-state index contributed by atoms with van der Waals surface area (Å²) in [4.78, 5) is 26.7. The predicted molar refractivity (Wildman–Crippen MR) is 102 cm³/mol. The molecule has 3 rings (SSSR count). The van der Waals surface area contributed by atoms with Crippen LogP contribution in [-0.4, -0.2) is 16.2 Å². The fourth-order valence-electron chi connectivity index (χ4n) is 3.26. The van der Waals surface area contributed by atoms with Crippen LogP contribution < -0.4 is 21.6 Å². The topological polar surface area (TPSA) is 93.9 Å². The maximum absolute atomic E-state index is 13.1. The first-order chi connectivity index (χ1) is 12.2. The zero-order chi connectivity index (χ0) is 19.2. The summed E-state index contributed by atoms with van der Waals surface area (Å²) in [7, 11) is 1.65. The lowest BCUT2D eigenvalue weighted by atomic mass is 10.00. The highest BCUT2D eigenvalue weighted by Crippen LogP contribution is 2.37. The summed E-state index contributed by atoms with van der Waals surface area (Å²) in [5.41, 5.74) is 8.76. The number of hydrogen-bond donors (Lipinski definition) is 2. The van der Waals surface area contributed by atoms with Crippen molar-refractivity contribution in [1.82, 2.24) is 4.57 Å². The van der Waals surface area contributed by atoms with Crippen molar-refractivity contribution in [3.8, 4) is 0 Å². The number of hydrogen-bond acceptors (Lipinski definition) is 3. The quantitative estimate of drug-likeness (QED) is 0.767. The SMILES string of the molecule is C/C(N)=C1/C(=[NH2+])C(c2ccc(Cl)cc2)N(c2cc(C)c(=O)n(C)c2)C1=O. The summed E-state index contributed by atoms with van der Waals surface area (Å²) in [6.07, 6.45) is 1.62. The van der Waals surface area contributed by atoms with Crippen LogP contribution in [0.4, 0.5) is 5.69 Å². The van der Waals surface area contributed by atoms with Gasteiger partial charge in [0.1, 0.15) is 11.6 Å². The summed E-state index contributed by atoms with van der Waals surface area (Å²) >= 11 is 5.99. The van der Waals surface area contributed by atoms with Gasteiger partial charge in [-0.05, 0) is 37.6 Å². The van der Waals surface area contributed by atoms with Crippen molar-refractivity contribution in [2.75, 3.05) is 4.90 Å². The number of aryl methyl sites for hydroxylation is 2. The van der Waals surface area contributed by atoms with Crippen LogP contribution in [0.2, 0.25) is 5.02 Å². The molecule has 1 aliphatic heterocycles. The van der Waals surface area contributed by atoms with E-state index in [-0.39, 0.29) is 11.5 Å². The predicted octanol–water partition coefficient (Wildman–Crippen LogP) is 0.868. The average molecular weight is 372 g/mol. The molecular formula is C19H20ClN4O2+. The van der Waals surface area contributed by atoms with Gasteiger partial charge in [0.05, 0.1) is 5.69 Å². The van der Waals surface area contributed by atoms with Gasteiger partial charge in [-0.3, -0.25) is 19.9 Å². The molecular weight excluding hydrogens is 352 g/mol. The molecule has 2 aromatic rings. The maximum atomic E-state index is 13.1. The van der Waals surface area contributed by atoms with E-state index in [2.05, 4.69) is 0 Å². The number of pyridine rings is 1. The van der Waals surface area contributed by atoms with Crippen molar-refractivity contribution < 1.29 is 10.2 Å². The third-order valence-corrected chi connectivity index (χ3v) is 4.73. The Hall–Kier alpha value is -2.86. The Kier molecular flexibility index (Phi) is 4.46. The van der Waals surface area contributed by atoms with Crippen LogP contribution in [0.5, 0.6) is 0 Å². The molecule has 1 amide bonds. The normalized spacial score (nSPS) is 19.2. The standard InChI is InChI=1S/C19H19ClN4O2/c1-10-8-14(9-23(3)18(10)25)24-17(12-4-6-13(20)7-5-12)16(22)15(11(2)21)19(24)26/h4-9,17,22H,21H2,1-3H3/p+1/b15-11+,22-16?. The Balaban J connectivity index is 2.24. The highest BCUT2D eigenvalue weighted by Gasteiger charge is 2.47. The zero-order valence-corrected chi connectivity index (χ0v) is 15.5. The minimum Gasteiger partial charge on any atom is -0.401 e. The van der Waals surface area contributed by atoms with E-state index in [0.717, 1.165) is 5.56 Å². The van der Waals surface area contributed by atoms with Crippen molar-refractivity contribution >= 4 is 28.9 Å². The Morgan fingerprint density at radius 3 is 2.38 bits per heavy atom. The van der Waals surface area contributed by atoms with Gasteiger partial charge in [-0.25, -0.2) is 0 Å². The van der Waals surface area contributed by atoms with E-state index in [0.29, 0.717) is 33.3 Å². The summed E-state index contributed by atoms with van der Waals surface area (Å²) in [5.74, 6) is -0.291. The zero-order valence-electron chi connectivity index (χ0n) is 14.8. The molecule has 4 N–H and O–H groups in total. The van der Waals surface area contributed by atoms with Gasteiger partial charge in [0.15, 0.2) is 0 Å². The van der Waals surface area contributed by atoms with Gasteiger partial charge in [-0.1, -0.05) is 23.7 Å². The molecule has 0 radical (unpaired) electrons. The van der Waals surface area contributed by atoms with Gasteiger partial charge in [0.2, 0.25) is 5.71 Å². The van der Waals surface area contributed by atoms with Crippen molar-refractivity contribution in [2.24, 2.45) is 12.8 Å². The summed E-state index contributed by atoms with van der Waals surface area (Å²) in [6, 6.07) is 8.30. The molecule has 0 bridgehead atoms. The van der Waals surface area contributed by atoms with Crippen LogP contribution in [0.25, 0.3) is 0 Å². The number of aromatic nitrogens is 1. The summed E-state index contributed by atoms with van der Waals surface area (Å²) in [5, 5.41) is 6.92. The first-order valence-corrected chi connectivity index (χ1v) is 8.45. The molecule has 134 valence electrons. The maximum Gasteiger partial charge on any atom is 0.267 e. The number of carbonyl (C=O) groups is 1. The van der Waals surface area contributed by atoms with E-state index in [1.165, 1.54) is 4.57 Å². The number of nitrogens with two attached hydrogens (primary N) is 2. The third kappa shape index (κ3) is 2.82. The lowest BCUT2D eigenvalue weighted by Gasteiger charge is -2.23.